The van der Waals surface area contributed by atoms with Crippen molar-refractivity contribution < 1.29 is 40.6 Å². The minimum absolute atomic E-state index is 0.322. The van der Waals surface area contributed by atoms with Crippen LogP contribution < -0.4 is 4.74 Å². The number of nitrogens with zero attached hydrogens (tertiary/aromatic N) is 1. The van der Waals surface area contributed by atoms with Crippen molar-refractivity contribution in [2.24, 2.45) is 0 Å². The van der Waals surface area contributed by atoms with E-state index in [1.807, 2.05) is 0 Å². The van der Waals surface area contributed by atoms with Gasteiger partial charge in [-0.25, -0.2) is 0 Å². The van der Waals surface area contributed by atoms with Crippen LogP contribution in [0.25, 0.3) is 0 Å². The number of esters is 1. The van der Waals surface area contributed by atoms with Crippen molar-refractivity contribution in [2.45, 2.75) is 19.0 Å². The van der Waals surface area contributed by atoms with Crippen LogP contribution in [0.3, 0.4) is 0 Å². The predicted molar refractivity (Wildman–Crippen MR) is 64.4 cm³/mol. The molecule has 1 aromatic rings. The molecule has 0 spiro atoms. The molecular formula is C10H6F6INO3. The second kappa shape index (κ2) is 6.23. The summed E-state index contributed by atoms with van der Waals surface area (Å²) in [6.07, 6.45) is -10.7. The van der Waals surface area contributed by atoms with Gasteiger partial charge in [-0.1, -0.05) is 0 Å². The number of rotatable bonds is 3. The van der Waals surface area contributed by atoms with E-state index < -0.39 is 41.9 Å². The molecule has 0 aliphatic carbocycles. The predicted octanol–water partition coefficient (Wildman–Crippen LogP) is 3.32. The lowest BCUT2D eigenvalue weighted by atomic mass is 10.1. The maximum absolute atomic E-state index is 12.8. The van der Waals surface area contributed by atoms with E-state index in [0.717, 1.165) is 7.11 Å². The highest BCUT2D eigenvalue weighted by atomic mass is 127. The fourth-order valence-electron chi connectivity index (χ4n) is 1.36. The van der Waals surface area contributed by atoms with Crippen LogP contribution in [0.4, 0.5) is 26.3 Å². The van der Waals surface area contributed by atoms with Crippen molar-refractivity contribution in [3.8, 4) is 5.75 Å². The summed E-state index contributed by atoms with van der Waals surface area (Å²) in [5.41, 5.74) is -2.66. The monoisotopic (exact) mass is 429 g/mol. The Bertz CT molecular complexity index is 543. The number of aromatic nitrogens is 1. The third-order valence-corrected chi connectivity index (χ3v) is 2.89. The standard InChI is InChI=1S/C10H6F6INO3/c1-20-6(19)2-4-7(21-10(14,15)16)5(17)3-18-8(4)9(11,12)13/h3H,2H2,1H3. The van der Waals surface area contributed by atoms with E-state index in [9.17, 15) is 31.1 Å². The Hall–Kier alpha value is -1.27. The first-order valence-corrected chi connectivity index (χ1v) is 6.10. The Morgan fingerprint density at radius 3 is 2.29 bits per heavy atom. The maximum atomic E-state index is 12.8. The van der Waals surface area contributed by atoms with Gasteiger partial charge in [-0.3, -0.25) is 9.78 Å². The van der Waals surface area contributed by atoms with E-state index in [-0.39, 0.29) is 3.57 Å². The van der Waals surface area contributed by atoms with Gasteiger partial charge in [0.05, 0.1) is 17.1 Å². The first-order chi connectivity index (χ1) is 9.45. The summed E-state index contributed by atoms with van der Waals surface area (Å²) in [5.74, 6) is -2.27. The fourth-order valence-corrected chi connectivity index (χ4v) is 1.94. The van der Waals surface area contributed by atoms with E-state index >= 15 is 0 Å². The smallest absolute Gasteiger partial charge is 0.469 e. The summed E-state index contributed by atoms with van der Waals surface area (Å²) >= 11 is 1.32. The molecule has 0 atom stereocenters. The van der Waals surface area contributed by atoms with Gasteiger partial charge in [0.1, 0.15) is 5.75 Å². The first-order valence-electron chi connectivity index (χ1n) is 5.03. The number of halogens is 7. The van der Waals surface area contributed by atoms with Crippen LogP contribution >= 0.6 is 22.6 Å². The summed E-state index contributed by atoms with van der Waals surface area (Å²) in [6, 6.07) is 0. The number of hydrogen-bond acceptors (Lipinski definition) is 4. The van der Waals surface area contributed by atoms with Crippen molar-refractivity contribution in [3.05, 3.63) is 21.0 Å². The Kier molecular flexibility index (Phi) is 5.28. The molecule has 0 aliphatic rings. The van der Waals surface area contributed by atoms with Crippen molar-refractivity contribution in [1.29, 1.82) is 0 Å². The van der Waals surface area contributed by atoms with Gasteiger partial charge in [-0.2, -0.15) is 13.2 Å². The Morgan fingerprint density at radius 2 is 1.86 bits per heavy atom. The lowest BCUT2D eigenvalue weighted by molar-refractivity contribution is -0.275. The van der Waals surface area contributed by atoms with Gasteiger partial charge in [-0.05, 0) is 22.6 Å². The topological polar surface area (TPSA) is 48.4 Å². The van der Waals surface area contributed by atoms with Crippen LogP contribution in [0.15, 0.2) is 6.20 Å². The van der Waals surface area contributed by atoms with Gasteiger partial charge >= 0.3 is 18.5 Å². The highest BCUT2D eigenvalue weighted by molar-refractivity contribution is 14.1. The summed E-state index contributed by atoms with van der Waals surface area (Å²) in [5, 5.41) is 0. The molecule has 0 fully saturated rings. The summed E-state index contributed by atoms with van der Waals surface area (Å²) in [7, 11) is 0.890. The zero-order valence-electron chi connectivity index (χ0n) is 10.1. The molecule has 0 aliphatic heterocycles. The molecule has 1 heterocycles. The first kappa shape index (κ1) is 17.8. The van der Waals surface area contributed by atoms with Gasteiger partial charge in [-0.15, -0.1) is 13.2 Å². The molecular weight excluding hydrogens is 423 g/mol. The van der Waals surface area contributed by atoms with Crippen LogP contribution in [-0.4, -0.2) is 24.4 Å². The number of methoxy groups -OCH3 is 1. The highest BCUT2D eigenvalue weighted by Crippen LogP contribution is 2.39. The zero-order chi connectivity index (χ0) is 16.4. The zero-order valence-corrected chi connectivity index (χ0v) is 12.3. The second-order valence-corrected chi connectivity index (χ2v) is 4.72. The molecule has 118 valence electrons. The lowest BCUT2D eigenvalue weighted by Crippen LogP contribution is -2.23. The molecule has 0 saturated heterocycles. The molecule has 0 unspecified atom stereocenters. The van der Waals surface area contributed by atoms with E-state index in [1.54, 1.807) is 0 Å². The lowest BCUT2D eigenvalue weighted by Gasteiger charge is -2.18. The number of alkyl halides is 6. The van der Waals surface area contributed by atoms with Gasteiger partial charge in [0, 0.05) is 11.8 Å². The minimum Gasteiger partial charge on any atom is -0.469 e. The van der Waals surface area contributed by atoms with Gasteiger partial charge < -0.3 is 9.47 Å². The molecule has 1 aromatic heterocycles. The molecule has 21 heavy (non-hydrogen) atoms. The number of ether oxygens (including phenoxy) is 2. The number of carbonyl (C=O) groups excluding carboxylic acids is 1. The quantitative estimate of drug-likeness (QED) is 0.421. The molecule has 1 rings (SSSR count). The van der Waals surface area contributed by atoms with Crippen LogP contribution in [0.5, 0.6) is 5.75 Å². The highest BCUT2D eigenvalue weighted by Gasteiger charge is 2.41. The van der Waals surface area contributed by atoms with Gasteiger partial charge in [0.2, 0.25) is 0 Å². The summed E-state index contributed by atoms with van der Waals surface area (Å²) in [4.78, 5) is 14.2. The number of pyridine rings is 1. The number of hydrogen-bond donors (Lipinski definition) is 0. The molecule has 11 heteroatoms. The summed E-state index contributed by atoms with van der Waals surface area (Å²) < 4.78 is 82.7. The van der Waals surface area contributed by atoms with Crippen LogP contribution in [0, 0.1) is 3.57 Å². The SMILES string of the molecule is COC(=O)Cc1c(C(F)(F)F)ncc(I)c1OC(F)(F)F. The maximum Gasteiger partial charge on any atom is 0.573 e. The molecule has 0 aromatic carbocycles. The Morgan fingerprint density at radius 1 is 1.29 bits per heavy atom. The van der Waals surface area contributed by atoms with Crippen molar-refractivity contribution in [1.82, 2.24) is 4.98 Å². The van der Waals surface area contributed by atoms with E-state index in [4.69, 9.17) is 0 Å². The summed E-state index contributed by atoms with van der Waals surface area (Å²) in [6.45, 7) is 0. The third-order valence-electron chi connectivity index (χ3n) is 2.12. The van der Waals surface area contributed by atoms with Crippen molar-refractivity contribution in [2.75, 3.05) is 7.11 Å². The van der Waals surface area contributed by atoms with Crippen LogP contribution in [-0.2, 0) is 22.1 Å². The molecule has 0 bridgehead atoms. The molecule has 0 amide bonds. The molecule has 0 N–H and O–H groups in total. The largest absolute Gasteiger partial charge is 0.573 e. The van der Waals surface area contributed by atoms with Crippen LogP contribution in [0.1, 0.15) is 11.3 Å². The van der Waals surface area contributed by atoms with Crippen LogP contribution in [0.2, 0.25) is 0 Å². The van der Waals surface area contributed by atoms with E-state index in [0.29, 0.717) is 6.20 Å². The Balaban J connectivity index is 3.48. The second-order valence-electron chi connectivity index (χ2n) is 3.56. The van der Waals surface area contributed by atoms with Crippen molar-refractivity contribution in [3.63, 3.8) is 0 Å². The number of carbonyl (C=O) groups is 1. The van der Waals surface area contributed by atoms with Gasteiger partial charge in [0.25, 0.3) is 0 Å². The minimum atomic E-state index is -5.21. The normalized spacial score (nSPS) is 12.2. The van der Waals surface area contributed by atoms with E-state index in [2.05, 4.69) is 14.5 Å². The Labute approximate surface area is 127 Å². The van der Waals surface area contributed by atoms with Gasteiger partial charge in [0.15, 0.2) is 5.69 Å². The van der Waals surface area contributed by atoms with E-state index in [1.165, 1.54) is 22.6 Å². The third kappa shape index (κ3) is 4.89. The molecule has 0 radical (unpaired) electrons. The fraction of sp³-hybridized carbons (Fsp3) is 0.400. The molecule has 4 nitrogen and oxygen atoms in total. The average Bonchev–Trinajstić information content (AvgIpc) is 2.30. The average molecular weight is 429 g/mol. The molecule has 0 saturated carbocycles. The van der Waals surface area contributed by atoms with Crippen molar-refractivity contribution >= 4 is 28.6 Å².